The third kappa shape index (κ3) is 8.60. The number of carbonyl (C=O) groups excluding carboxylic acids is 1. The van der Waals surface area contributed by atoms with Crippen LogP contribution in [0.3, 0.4) is 0 Å². The van der Waals surface area contributed by atoms with Crippen LogP contribution < -0.4 is 10.6 Å². The summed E-state index contributed by atoms with van der Waals surface area (Å²) in [7, 11) is 2.65. The number of rotatable bonds is 6. The zero-order chi connectivity index (χ0) is 17.3. The molecule has 1 aliphatic heterocycles. The lowest BCUT2D eigenvalue weighted by molar-refractivity contribution is -0.157. The smallest absolute Gasteiger partial charge is 0.379 e. The maximum absolute atomic E-state index is 12.2. The first kappa shape index (κ1) is 19.5. The van der Waals surface area contributed by atoms with Crippen LogP contribution in [0.5, 0.6) is 0 Å². The fourth-order valence-corrected chi connectivity index (χ4v) is 2.03. The van der Waals surface area contributed by atoms with Gasteiger partial charge in [-0.3, -0.25) is 14.7 Å². The minimum atomic E-state index is -4.40. The van der Waals surface area contributed by atoms with Crippen molar-refractivity contribution in [2.24, 2.45) is 4.99 Å². The van der Waals surface area contributed by atoms with Crippen molar-refractivity contribution in [3.63, 3.8) is 0 Å². The molecule has 0 radical (unpaired) electrons. The van der Waals surface area contributed by atoms with Gasteiger partial charge >= 0.3 is 6.18 Å². The Labute approximate surface area is 133 Å². The van der Waals surface area contributed by atoms with Crippen molar-refractivity contribution in [2.45, 2.75) is 6.18 Å². The van der Waals surface area contributed by atoms with Crippen LogP contribution in [-0.2, 0) is 9.53 Å². The maximum Gasteiger partial charge on any atom is 0.406 e. The van der Waals surface area contributed by atoms with Gasteiger partial charge in [-0.25, -0.2) is 0 Å². The summed E-state index contributed by atoms with van der Waals surface area (Å²) in [4.78, 5) is 18.4. The van der Waals surface area contributed by atoms with E-state index in [4.69, 9.17) is 4.74 Å². The fourth-order valence-electron chi connectivity index (χ4n) is 2.03. The van der Waals surface area contributed by atoms with E-state index < -0.39 is 18.6 Å². The minimum Gasteiger partial charge on any atom is -0.379 e. The Kier molecular flexibility index (Phi) is 8.10. The number of nitrogens with one attached hydrogen (secondary N) is 2. The number of aliphatic imine (C=N–C) groups is 1. The lowest BCUT2D eigenvalue weighted by Crippen LogP contribution is -2.47. The van der Waals surface area contributed by atoms with Crippen molar-refractivity contribution in [2.75, 3.05) is 66.6 Å². The Morgan fingerprint density at radius 2 is 1.96 bits per heavy atom. The largest absolute Gasteiger partial charge is 0.406 e. The van der Waals surface area contributed by atoms with Crippen LogP contribution in [0.4, 0.5) is 13.2 Å². The third-order valence-electron chi connectivity index (χ3n) is 3.30. The van der Waals surface area contributed by atoms with Crippen LogP contribution in [-0.4, -0.2) is 94.4 Å². The average molecular weight is 339 g/mol. The summed E-state index contributed by atoms with van der Waals surface area (Å²) in [5.74, 6) is -0.273. The highest BCUT2D eigenvalue weighted by atomic mass is 19.4. The molecule has 134 valence electrons. The van der Waals surface area contributed by atoms with Crippen LogP contribution in [0.25, 0.3) is 0 Å². The topological polar surface area (TPSA) is 69.2 Å². The Balaban J connectivity index is 2.23. The fraction of sp³-hybridized carbons (Fsp3) is 0.846. The molecule has 0 unspecified atom stereocenters. The molecule has 7 nitrogen and oxygen atoms in total. The second-order valence-electron chi connectivity index (χ2n) is 5.17. The van der Waals surface area contributed by atoms with Gasteiger partial charge in [0.25, 0.3) is 0 Å². The van der Waals surface area contributed by atoms with Crippen LogP contribution in [0.15, 0.2) is 4.99 Å². The van der Waals surface area contributed by atoms with Gasteiger partial charge < -0.3 is 20.3 Å². The molecule has 10 heteroatoms. The molecule has 1 rings (SSSR count). The molecule has 0 atom stereocenters. The summed E-state index contributed by atoms with van der Waals surface area (Å²) >= 11 is 0. The molecule has 0 aromatic rings. The van der Waals surface area contributed by atoms with Crippen LogP contribution in [0, 0.1) is 0 Å². The monoisotopic (exact) mass is 339 g/mol. The zero-order valence-electron chi connectivity index (χ0n) is 13.4. The van der Waals surface area contributed by atoms with E-state index in [9.17, 15) is 18.0 Å². The molecule has 0 aromatic carbocycles. The van der Waals surface area contributed by atoms with Gasteiger partial charge in [0, 0.05) is 40.3 Å². The Bertz CT molecular complexity index is 398. The zero-order valence-corrected chi connectivity index (χ0v) is 13.4. The number of ether oxygens (including phenoxy) is 1. The molecule has 1 saturated heterocycles. The van der Waals surface area contributed by atoms with Crippen LogP contribution >= 0.6 is 0 Å². The predicted molar refractivity (Wildman–Crippen MR) is 80.3 cm³/mol. The molecule has 0 bridgehead atoms. The maximum atomic E-state index is 12.2. The summed E-state index contributed by atoms with van der Waals surface area (Å²) in [6.45, 7) is 3.07. The first-order valence-corrected chi connectivity index (χ1v) is 7.37. The van der Waals surface area contributed by atoms with E-state index in [1.165, 1.54) is 7.05 Å². The Morgan fingerprint density at radius 3 is 2.52 bits per heavy atom. The minimum absolute atomic E-state index is 0.246. The molecule has 1 heterocycles. The first-order chi connectivity index (χ1) is 10.8. The number of carbonyl (C=O) groups is 1. The summed E-state index contributed by atoms with van der Waals surface area (Å²) < 4.78 is 41.9. The van der Waals surface area contributed by atoms with E-state index in [2.05, 4.69) is 20.5 Å². The number of guanidine groups is 1. The summed E-state index contributed by atoms with van der Waals surface area (Å²) in [6, 6.07) is 0. The number of likely N-dealkylation sites (N-methyl/N-ethyl adjacent to an activating group) is 1. The molecule has 0 aliphatic carbocycles. The van der Waals surface area contributed by atoms with Crippen molar-refractivity contribution in [3.8, 4) is 0 Å². The van der Waals surface area contributed by atoms with Gasteiger partial charge in [0.1, 0.15) is 6.54 Å². The molecule has 1 fully saturated rings. The van der Waals surface area contributed by atoms with Gasteiger partial charge in [0.15, 0.2) is 5.96 Å². The third-order valence-corrected chi connectivity index (χ3v) is 3.30. The van der Waals surface area contributed by atoms with E-state index >= 15 is 0 Å². The van der Waals surface area contributed by atoms with Crippen molar-refractivity contribution in [1.82, 2.24) is 20.4 Å². The molecule has 2 N–H and O–H groups in total. The van der Waals surface area contributed by atoms with E-state index in [-0.39, 0.29) is 6.54 Å². The number of hydrogen-bond donors (Lipinski definition) is 2. The van der Waals surface area contributed by atoms with E-state index in [0.717, 1.165) is 26.7 Å². The highest BCUT2D eigenvalue weighted by Crippen LogP contribution is 2.15. The predicted octanol–water partition coefficient (Wildman–Crippen LogP) is -0.496. The van der Waals surface area contributed by atoms with Gasteiger partial charge in [-0.15, -0.1) is 0 Å². The van der Waals surface area contributed by atoms with Crippen LogP contribution in [0.1, 0.15) is 0 Å². The van der Waals surface area contributed by atoms with Crippen molar-refractivity contribution >= 4 is 11.9 Å². The highest BCUT2D eigenvalue weighted by Gasteiger charge is 2.31. The van der Waals surface area contributed by atoms with Crippen molar-refractivity contribution in [3.05, 3.63) is 0 Å². The number of morpholine rings is 1. The molecule has 0 saturated carbocycles. The van der Waals surface area contributed by atoms with Crippen LogP contribution in [0.2, 0.25) is 0 Å². The standard InChI is InChI=1S/C13H24F3N5O2/c1-17-12(18-3-4-21-5-7-23-8-6-21)19-9-11(22)20(2)10-13(14,15)16/h3-10H2,1-2H3,(H2,17,18,19). The van der Waals surface area contributed by atoms with E-state index in [0.29, 0.717) is 30.6 Å². The Hall–Kier alpha value is -1.55. The average Bonchev–Trinajstić information content (AvgIpc) is 2.49. The molecule has 0 aromatic heterocycles. The highest BCUT2D eigenvalue weighted by molar-refractivity contribution is 5.86. The summed E-state index contributed by atoms with van der Waals surface area (Å²) in [6.07, 6.45) is -4.40. The molecular formula is C13H24F3N5O2. The summed E-state index contributed by atoms with van der Waals surface area (Å²) in [5.41, 5.74) is 0. The van der Waals surface area contributed by atoms with E-state index in [1.807, 2.05) is 0 Å². The lowest BCUT2D eigenvalue weighted by atomic mass is 10.4. The van der Waals surface area contributed by atoms with Gasteiger partial charge in [-0.1, -0.05) is 0 Å². The second-order valence-corrected chi connectivity index (χ2v) is 5.17. The molecule has 23 heavy (non-hydrogen) atoms. The Morgan fingerprint density at radius 1 is 1.30 bits per heavy atom. The number of alkyl halides is 3. The van der Waals surface area contributed by atoms with Gasteiger partial charge in [-0.2, -0.15) is 13.2 Å². The van der Waals surface area contributed by atoms with Gasteiger partial charge in [-0.05, 0) is 0 Å². The van der Waals surface area contributed by atoms with Gasteiger partial charge in [0.2, 0.25) is 5.91 Å². The normalized spacial score (nSPS) is 17.0. The number of nitrogens with zero attached hydrogens (tertiary/aromatic N) is 3. The van der Waals surface area contributed by atoms with Gasteiger partial charge in [0.05, 0.1) is 19.8 Å². The summed E-state index contributed by atoms with van der Waals surface area (Å²) in [5, 5.41) is 5.73. The SMILES string of the molecule is CN=C(NCCN1CCOCC1)NCC(=O)N(C)CC(F)(F)F. The molecule has 1 amide bonds. The van der Waals surface area contributed by atoms with E-state index in [1.54, 1.807) is 0 Å². The molecule has 1 aliphatic rings. The van der Waals surface area contributed by atoms with Crippen molar-refractivity contribution < 1.29 is 22.7 Å². The first-order valence-electron chi connectivity index (χ1n) is 7.37. The number of amides is 1. The molecular weight excluding hydrogens is 315 g/mol. The lowest BCUT2D eigenvalue weighted by Gasteiger charge is -2.26. The quantitative estimate of drug-likeness (QED) is 0.505. The van der Waals surface area contributed by atoms with Crippen molar-refractivity contribution in [1.29, 1.82) is 0 Å². The number of hydrogen-bond acceptors (Lipinski definition) is 4. The number of halogens is 3. The second kappa shape index (κ2) is 9.56. The molecule has 0 spiro atoms.